The maximum atomic E-state index is 11.1. The van der Waals surface area contributed by atoms with Crippen molar-refractivity contribution in [2.45, 2.75) is 6.61 Å². The lowest BCUT2D eigenvalue weighted by atomic mass is 10.1. The van der Waals surface area contributed by atoms with Crippen LogP contribution in [0.15, 0.2) is 46.9 Å². The van der Waals surface area contributed by atoms with Gasteiger partial charge >= 0.3 is 5.97 Å². The van der Waals surface area contributed by atoms with Gasteiger partial charge in [-0.3, -0.25) is 0 Å². The van der Waals surface area contributed by atoms with E-state index in [2.05, 4.69) is 15.9 Å². The molecule has 19 heavy (non-hydrogen) atoms. The Labute approximate surface area is 123 Å². The van der Waals surface area contributed by atoms with Crippen LogP contribution < -0.4 is 4.74 Å². The van der Waals surface area contributed by atoms with E-state index in [1.165, 1.54) is 0 Å². The van der Waals surface area contributed by atoms with Crippen LogP contribution in [0.1, 0.15) is 15.9 Å². The molecule has 0 amide bonds. The molecular formula is C14H10BrClO3. The zero-order chi connectivity index (χ0) is 13.8. The minimum absolute atomic E-state index is 0.151. The van der Waals surface area contributed by atoms with Crippen LogP contribution in [0.5, 0.6) is 5.75 Å². The Hall–Kier alpha value is -1.52. The highest BCUT2D eigenvalue weighted by atomic mass is 79.9. The summed E-state index contributed by atoms with van der Waals surface area (Å²) in [4.78, 5) is 11.1. The fraction of sp³-hybridized carbons (Fsp3) is 0.0714. The van der Waals surface area contributed by atoms with Gasteiger partial charge in [-0.15, -0.1) is 0 Å². The number of aromatic carboxylic acids is 1. The Morgan fingerprint density at radius 3 is 2.74 bits per heavy atom. The first-order chi connectivity index (χ1) is 9.08. The van der Waals surface area contributed by atoms with Gasteiger partial charge in [0, 0.05) is 10.0 Å². The molecule has 0 aliphatic rings. The molecule has 0 aliphatic carbocycles. The predicted octanol–water partition coefficient (Wildman–Crippen LogP) is 4.38. The lowest BCUT2D eigenvalue weighted by molar-refractivity contribution is 0.0694. The molecule has 0 aromatic heterocycles. The number of hydrogen-bond acceptors (Lipinski definition) is 2. The van der Waals surface area contributed by atoms with E-state index >= 15 is 0 Å². The summed E-state index contributed by atoms with van der Waals surface area (Å²) in [6.07, 6.45) is 0. The first kappa shape index (κ1) is 13.9. The molecule has 0 heterocycles. The summed E-state index contributed by atoms with van der Waals surface area (Å²) < 4.78 is 6.41. The van der Waals surface area contributed by atoms with Crippen LogP contribution in [-0.2, 0) is 6.61 Å². The molecule has 0 radical (unpaired) electrons. The zero-order valence-electron chi connectivity index (χ0n) is 9.77. The van der Waals surface area contributed by atoms with Gasteiger partial charge in [0.05, 0.1) is 10.6 Å². The van der Waals surface area contributed by atoms with Crippen molar-refractivity contribution < 1.29 is 14.6 Å². The monoisotopic (exact) mass is 340 g/mol. The second-order valence-electron chi connectivity index (χ2n) is 3.83. The van der Waals surface area contributed by atoms with Gasteiger partial charge in [0.25, 0.3) is 0 Å². The van der Waals surface area contributed by atoms with Crippen molar-refractivity contribution in [3.05, 3.63) is 63.1 Å². The van der Waals surface area contributed by atoms with E-state index in [1.54, 1.807) is 42.5 Å². The predicted molar refractivity (Wildman–Crippen MR) is 76.9 cm³/mol. The molecule has 0 fully saturated rings. The highest BCUT2D eigenvalue weighted by Gasteiger charge is 2.10. The number of halogens is 2. The Bertz CT molecular complexity index is 613. The fourth-order valence-corrected chi connectivity index (χ4v) is 2.11. The molecule has 0 spiro atoms. The van der Waals surface area contributed by atoms with Gasteiger partial charge in [0.1, 0.15) is 12.4 Å². The van der Waals surface area contributed by atoms with Gasteiger partial charge in [-0.05, 0) is 24.3 Å². The molecule has 2 rings (SSSR count). The molecule has 0 aliphatic heterocycles. The second-order valence-corrected chi connectivity index (χ2v) is 5.15. The third-order valence-electron chi connectivity index (χ3n) is 2.52. The molecule has 1 N–H and O–H groups in total. The number of rotatable bonds is 4. The molecule has 0 unspecified atom stereocenters. The normalized spacial score (nSPS) is 10.2. The van der Waals surface area contributed by atoms with Crippen LogP contribution in [0.25, 0.3) is 0 Å². The largest absolute Gasteiger partial charge is 0.487 e. The smallest absolute Gasteiger partial charge is 0.336 e. The number of carboxylic acids is 1. The minimum Gasteiger partial charge on any atom is -0.487 e. The van der Waals surface area contributed by atoms with E-state index in [1.807, 2.05) is 0 Å². The average molecular weight is 342 g/mol. The summed E-state index contributed by atoms with van der Waals surface area (Å²) in [6, 6.07) is 12.0. The SMILES string of the molecule is O=C(O)c1ccccc1COc1cc(Br)ccc1Cl. The third kappa shape index (κ3) is 3.49. The Balaban J connectivity index is 2.19. The molecule has 2 aromatic carbocycles. The first-order valence-electron chi connectivity index (χ1n) is 5.47. The number of benzene rings is 2. The van der Waals surface area contributed by atoms with Gasteiger partial charge in [0.15, 0.2) is 0 Å². The van der Waals surface area contributed by atoms with E-state index in [9.17, 15) is 4.79 Å². The highest BCUT2D eigenvalue weighted by molar-refractivity contribution is 9.10. The summed E-state index contributed by atoms with van der Waals surface area (Å²) in [5.74, 6) is -0.462. The van der Waals surface area contributed by atoms with Crippen molar-refractivity contribution in [3.63, 3.8) is 0 Å². The number of hydrogen-bond donors (Lipinski definition) is 1. The van der Waals surface area contributed by atoms with E-state index in [0.29, 0.717) is 16.3 Å². The van der Waals surface area contributed by atoms with Gasteiger partial charge in [-0.25, -0.2) is 4.79 Å². The molecule has 0 bridgehead atoms. The van der Waals surface area contributed by atoms with Gasteiger partial charge in [-0.1, -0.05) is 45.7 Å². The highest BCUT2D eigenvalue weighted by Crippen LogP contribution is 2.28. The second kappa shape index (κ2) is 6.08. The van der Waals surface area contributed by atoms with Crippen molar-refractivity contribution in [3.8, 4) is 5.75 Å². The van der Waals surface area contributed by atoms with Crippen molar-refractivity contribution in [1.82, 2.24) is 0 Å². The van der Waals surface area contributed by atoms with E-state index < -0.39 is 5.97 Å². The molecule has 2 aromatic rings. The Kier molecular flexibility index (Phi) is 4.45. The van der Waals surface area contributed by atoms with Crippen LogP contribution in [-0.4, -0.2) is 11.1 Å². The number of ether oxygens (including phenoxy) is 1. The fourth-order valence-electron chi connectivity index (χ4n) is 1.60. The molecule has 0 atom stereocenters. The maximum absolute atomic E-state index is 11.1. The summed E-state index contributed by atoms with van der Waals surface area (Å²) in [5, 5.41) is 9.55. The molecule has 0 saturated carbocycles. The van der Waals surface area contributed by atoms with Crippen LogP contribution in [0.4, 0.5) is 0 Å². The topological polar surface area (TPSA) is 46.5 Å². The average Bonchev–Trinajstić information content (AvgIpc) is 2.40. The van der Waals surface area contributed by atoms with Gasteiger partial charge in [0.2, 0.25) is 0 Å². The van der Waals surface area contributed by atoms with Crippen molar-refractivity contribution >= 4 is 33.5 Å². The van der Waals surface area contributed by atoms with Crippen LogP contribution in [0.2, 0.25) is 5.02 Å². The molecule has 5 heteroatoms. The Morgan fingerprint density at radius 1 is 1.26 bits per heavy atom. The quantitative estimate of drug-likeness (QED) is 0.897. The third-order valence-corrected chi connectivity index (χ3v) is 3.33. The van der Waals surface area contributed by atoms with Crippen LogP contribution in [0.3, 0.4) is 0 Å². The molecule has 98 valence electrons. The molecule has 3 nitrogen and oxygen atoms in total. The zero-order valence-corrected chi connectivity index (χ0v) is 12.1. The van der Waals surface area contributed by atoms with E-state index in [4.69, 9.17) is 21.4 Å². The maximum Gasteiger partial charge on any atom is 0.336 e. The minimum atomic E-state index is -0.973. The molecule has 0 saturated heterocycles. The number of carboxylic acid groups (broad SMARTS) is 1. The standard InChI is InChI=1S/C14H10BrClO3/c15-10-5-6-12(16)13(7-10)19-8-9-3-1-2-4-11(9)14(17)18/h1-7H,8H2,(H,17,18). The lowest BCUT2D eigenvalue weighted by Crippen LogP contribution is -2.05. The van der Waals surface area contributed by atoms with E-state index in [-0.39, 0.29) is 12.2 Å². The van der Waals surface area contributed by atoms with Gasteiger partial charge < -0.3 is 9.84 Å². The first-order valence-corrected chi connectivity index (χ1v) is 6.64. The summed E-state index contributed by atoms with van der Waals surface area (Å²) >= 11 is 9.33. The summed E-state index contributed by atoms with van der Waals surface area (Å²) in [6.45, 7) is 0.151. The lowest BCUT2D eigenvalue weighted by Gasteiger charge is -2.10. The van der Waals surface area contributed by atoms with Crippen LogP contribution in [0, 0.1) is 0 Å². The number of carbonyl (C=O) groups is 1. The summed E-state index contributed by atoms with van der Waals surface area (Å²) in [5.41, 5.74) is 0.833. The molecular weight excluding hydrogens is 332 g/mol. The van der Waals surface area contributed by atoms with E-state index in [0.717, 1.165) is 4.47 Å². The van der Waals surface area contributed by atoms with Crippen molar-refractivity contribution in [2.75, 3.05) is 0 Å². The van der Waals surface area contributed by atoms with Crippen molar-refractivity contribution in [1.29, 1.82) is 0 Å². The van der Waals surface area contributed by atoms with Gasteiger partial charge in [-0.2, -0.15) is 0 Å². The van der Waals surface area contributed by atoms with Crippen LogP contribution >= 0.6 is 27.5 Å². The summed E-state index contributed by atoms with van der Waals surface area (Å²) in [7, 11) is 0. The van der Waals surface area contributed by atoms with Crippen molar-refractivity contribution in [2.24, 2.45) is 0 Å². The Morgan fingerprint density at radius 2 is 2.00 bits per heavy atom.